The van der Waals surface area contributed by atoms with Crippen LogP contribution in [0.25, 0.3) is 0 Å². The van der Waals surface area contributed by atoms with Gasteiger partial charge in [-0.1, -0.05) is 6.08 Å². The monoisotopic (exact) mass is 136 g/mol. The molecule has 0 aromatic carbocycles. The fourth-order valence-corrected chi connectivity index (χ4v) is 2.20. The molecule has 0 radical (unpaired) electrons. The van der Waals surface area contributed by atoms with Crippen molar-refractivity contribution in [2.75, 3.05) is 6.16 Å². The largest absolute Gasteiger partial charge is 0.302 e. The normalized spacial score (nSPS) is 39.6. The lowest BCUT2D eigenvalue weighted by Crippen LogP contribution is -1.65. The zero-order chi connectivity index (χ0) is 5.33. The van der Waals surface area contributed by atoms with E-state index in [-0.39, 0.29) is 0 Å². The summed E-state index contributed by atoms with van der Waals surface area (Å²) < 4.78 is 10.7. The maximum atomic E-state index is 10.7. The van der Waals surface area contributed by atoms with E-state index in [1.165, 1.54) is 0 Å². The Morgan fingerprint density at radius 3 is 2.57 bits per heavy atom. The van der Waals surface area contributed by atoms with E-state index in [4.69, 9.17) is 11.2 Å². The van der Waals surface area contributed by atoms with E-state index < -0.39 is 6.49 Å². The van der Waals surface area contributed by atoms with Gasteiger partial charge in [0.2, 0.25) is 0 Å². The molecule has 1 aliphatic rings. The van der Waals surface area contributed by atoms with Crippen LogP contribution in [0, 0.1) is 0 Å². The minimum atomic E-state index is -2.25. The lowest BCUT2D eigenvalue weighted by atomic mass is 10.5. The van der Waals surface area contributed by atoms with Crippen molar-refractivity contribution in [1.82, 2.24) is 0 Å². The summed E-state index contributed by atoms with van der Waals surface area (Å²) in [7, 11) is 0. The molecule has 1 atom stereocenters. The molecule has 0 fully saturated rings. The molecule has 1 heterocycles. The number of halogens is 1. The summed E-state index contributed by atoms with van der Waals surface area (Å²) in [6.07, 6.45) is 3.42. The Morgan fingerprint density at radius 1 is 1.71 bits per heavy atom. The van der Waals surface area contributed by atoms with Crippen LogP contribution in [0.2, 0.25) is 0 Å². The quantitative estimate of drug-likeness (QED) is 0.468. The predicted octanol–water partition coefficient (Wildman–Crippen LogP) is 2.42. The van der Waals surface area contributed by atoms with Crippen LogP contribution in [0.4, 0.5) is 0 Å². The summed E-state index contributed by atoms with van der Waals surface area (Å²) in [6, 6.07) is 0. The summed E-state index contributed by atoms with van der Waals surface area (Å²) >= 11 is 5.44. The smallest absolute Gasteiger partial charge is 0.190 e. The van der Waals surface area contributed by atoms with Gasteiger partial charge < -0.3 is 4.57 Å². The van der Waals surface area contributed by atoms with Gasteiger partial charge in [0, 0.05) is 6.16 Å². The maximum absolute atomic E-state index is 10.7. The molecule has 0 saturated heterocycles. The van der Waals surface area contributed by atoms with Gasteiger partial charge in [-0.05, 0) is 23.5 Å². The predicted molar refractivity (Wildman–Crippen MR) is 32.1 cm³/mol. The van der Waals surface area contributed by atoms with Crippen LogP contribution in [0.5, 0.6) is 0 Å². The SMILES string of the molecule is O=P1(Cl)C=CCC1. The Labute approximate surface area is 47.5 Å². The van der Waals surface area contributed by atoms with E-state index in [0.717, 1.165) is 6.42 Å². The van der Waals surface area contributed by atoms with Crippen LogP contribution >= 0.6 is 17.7 Å². The Bertz CT molecular complexity index is 141. The summed E-state index contributed by atoms with van der Waals surface area (Å²) in [5.74, 6) is 1.62. The van der Waals surface area contributed by atoms with Crippen LogP contribution in [0.15, 0.2) is 11.9 Å². The maximum Gasteiger partial charge on any atom is 0.190 e. The molecule has 3 heteroatoms. The van der Waals surface area contributed by atoms with E-state index in [9.17, 15) is 4.57 Å². The first-order chi connectivity index (χ1) is 3.21. The molecule has 1 rings (SSSR count). The van der Waals surface area contributed by atoms with Gasteiger partial charge in [0.05, 0.1) is 0 Å². The molecule has 1 unspecified atom stereocenters. The minimum absolute atomic E-state index is 0.661. The highest BCUT2D eigenvalue weighted by molar-refractivity contribution is 7.91. The third-order valence-electron chi connectivity index (χ3n) is 0.929. The van der Waals surface area contributed by atoms with E-state index >= 15 is 0 Å². The van der Waals surface area contributed by atoms with Crippen molar-refractivity contribution in [3.05, 3.63) is 11.9 Å². The molecule has 0 N–H and O–H groups in total. The molecule has 7 heavy (non-hydrogen) atoms. The lowest BCUT2D eigenvalue weighted by molar-refractivity contribution is 0.590. The number of hydrogen-bond donors (Lipinski definition) is 0. The summed E-state index contributed by atoms with van der Waals surface area (Å²) in [5.41, 5.74) is 0. The molecule has 0 amide bonds. The van der Waals surface area contributed by atoms with Crippen molar-refractivity contribution < 1.29 is 4.57 Å². The van der Waals surface area contributed by atoms with Crippen molar-refractivity contribution >= 4 is 17.7 Å². The van der Waals surface area contributed by atoms with Gasteiger partial charge in [0.25, 0.3) is 0 Å². The zero-order valence-corrected chi connectivity index (χ0v) is 5.45. The van der Waals surface area contributed by atoms with Gasteiger partial charge in [-0.3, -0.25) is 0 Å². The molecule has 0 spiro atoms. The highest BCUT2D eigenvalue weighted by atomic mass is 35.7. The van der Waals surface area contributed by atoms with E-state index in [0.29, 0.717) is 6.16 Å². The highest BCUT2D eigenvalue weighted by Crippen LogP contribution is 2.56. The molecule has 0 aromatic rings. The number of hydrogen-bond acceptors (Lipinski definition) is 1. The number of rotatable bonds is 0. The molecular weight excluding hydrogens is 130 g/mol. The Kier molecular flexibility index (Phi) is 1.27. The summed E-state index contributed by atoms with van der Waals surface area (Å²) in [4.78, 5) is 0. The molecule has 0 aliphatic carbocycles. The van der Waals surface area contributed by atoms with Crippen molar-refractivity contribution in [1.29, 1.82) is 0 Å². The molecule has 0 aromatic heterocycles. The van der Waals surface area contributed by atoms with Gasteiger partial charge in [-0.2, -0.15) is 0 Å². The van der Waals surface area contributed by atoms with Crippen molar-refractivity contribution in [3.63, 3.8) is 0 Å². The van der Waals surface area contributed by atoms with Gasteiger partial charge in [0.1, 0.15) is 0 Å². The minimum Gasteiger partial charge on any atom is -0.302 e. The second kappa shape index (κ2) is 1.65. The molecule has 1 aliphatic heterocycles. The fourth-order valence-electron chi connectivity index (χ4n) is 0.557. The fraction of sp³-hybridized carbons (Fsp3) is 0.500. The van der Waals surface area contributed by atoms with Gasteiger partial charge >= 0.3 is 0 Å². The molecule has 0 bridgehead atoms. The molecule has 0 saturated carbocycles. The number of allylic oxidation sites excluding steroid dienone is 1. The standard InChI is InChI=1S/C4H6ClOP/c5-7(6)3-1-2-4-7/h1,3H,2,4H2. The second-order valence-corrected chi connectivity index (χ2v) is 5.47. The van der Waals surface area contributed by atoms with Gasteiger partial charge in [-0.25, -0.2) is 0 Å². The van der Waals surface area contributed by atoms with Crippen LogP contribution in [-0.2, 0) is 4.57 Å². The van der Waals surface area contributed by atoms with Crippen LogP contribution < -0.4 is 0 Å². The summed E-state index contributed by atoms with van der Waals surface area (Å²) in [5, 5.41) is 0. The Morgan fingerprint density at radius 2 is 2.43 bits per heavy atom. The van der Waals surface area contributed by atoms with Crippen LogP contribution in [0.3, 0.4) is 0 Å². The first kappa shape index (κ1) is 5.40. The average Bonchev–Trinajstić information content (AvgIpc) is 1.84. The topological polar surface area (TPSA) is 17.1 Å². The van der Waals surface area contributed by atoms with E-state index in [2.05, 4.69) is 0 Å². The van der Waals surface area contributed by atoms with E-state index in [1.54, 1.807) is 5.82 Å². The third-order valence-corrected chi connectivity index (χ3v) is 3.30. The molecule has 40 valence electrons. The second-order valence-electron chi connectivity index (χ2n) is 1.60. The van der Waals surface area contributed by atoms with Crippen LogP contribution in [0.1, 0.15) is 6.42 Å². The summed E-state index contributed by atoms with van der Waals surface area (Å²) in [6.45, 7) is -2.25. The average molecular weight is 137 g/mol. The van der Waals surface area contributed by atoms with Gasteiger partial charge in [-0.15, -0.1) is 0 Å². The third kappa shape index (κ3) is 1.32. The molecular formula is C4H6ClOP. The first-order valence-corrected chi connectivity index (χ1v) is 5.03. The van der Waals surface area contributed by atoms with Crippen molar-refractivity contribution in [2.24, 2.45) is 0 Å². The lowest BCUT2D eigenvalue weighted by Gasteiger charge is -1.90. The Balaban J connectivity index is 2.77. The van der Waals surface area contributed by atoms with Gasteiger partial charge in [0.15, 0.2) is 6.49 Å². The van der Waals surface area contributed by atoms with Crippen LogP contribution in [-0.4, -0.2) is 6.16 Å². The first-order valence-electron chi connectivity index (χ1n) is 2.17. The van der Waals surface area contributed by atoms with E-state index in [1.807, 2.05) is 6.08 Å². The highest BCUT2D eigenvalue weighted by Gasteiger charge is 2.16. The molecule has 1 nitrogen and oxygen atoms in total. The van der Waals surface area contributed by atoms with Crippen molar-refractivity contribution in [2.45, 2.75) is 6.42 Å². The van der Waals surface area contributed by atoms with Crippen molar-refractivity contribution in [3.8, 4) is 0 Å². The zero-order valence-electron chi connectivity index (χ0n) is 3.80. The Hall–Kier alpha value is 0.260.